The lowest BCUT2D eigenvalue weighted by Gasteiger charge is -2.22. The zero-order valence-electron chi connectivity index (χ0n) is 11.1. The van der Waals surface area contributed by atoms with E-state index in [0.29, 0.717) is 17.0 Å². The molecular formula is C13H20ClN3O. The van der Waals surface area contributed by atoms with E-state index in [0.717, 1.165) is 24.5 Å². The van der Waals surface area contributed by atoms with Gasteiger partial charge in [-0.25, -0.2) is 4.98 Å². The molecule has 0 bridgehead atoms. The molecule has 1 N–H and O–H groups in total. The summed E-state index contributed by atoms with van der Waals surface area (Å²) in [4.78, 5) is 8.87. The van der Waals surface area contributed by atoms with Gasteiger partial charge >= 0.3 is 0 Å². The Balaban J connectivity index is 2.18. The SMILES string of the molecule is CC1CN(c2cc(CO)c(Cl)cn2)CC1N(C)C. The number of anilines is 1. The Morgan fingerprint density at radius 3 is 2.78 bits per heavy atom. The molecule has 4 nitrogen and oxygen atoms in total. The quantitative estimate of drug-likeness (QED) is 0.905. The van der Waals surface area contributed by atoms with E-state index in [1.807, 2.05) is 6.07 Å². The highest BCUT2D eigenvalue weighted by Gasteiger charge is 2.31. The number of nitrogens with zero attached hydrogens (tertiary/aromatic N) is 3. The molecular weight excluding hydrogens is 250 g/mol. The van der Waals surface area contributed by atoms with Crippen LogP contribution in [0.3, 0.4) is 0 Å². The van der Waals surface area contributed by atoms with Gasteiger partial charge in [0.25, 0.3) is 0 Å². The van der Waals surface area contributed by atoms with Crippen molar-refractivity contribution in [1.82, 2.24) is 9.88 Å². The summed E-state index contributed by atoms with van der Waals surface area (Å²) in [6, 6.07) is 2.42. The van der Waals surface area contributed by atoms with Crippen LogP contribution in [0, 0.1) is 5.92 Å². The molecule has 2 rings (SSSR count). The van der Waals surface area contributed by atoms with Crippen LogP contribution in [0.2, 0.25) is 5.02 Å². The predicted molar refractivity (Wildman–Crippen MR) is 74.0 cm³/mol. The number of aromatic nitrogens is 1. The summed E-state index contributed by atoms with van der Waals surface area (Å²) in [6.45, 7) is 4.17. The summed E-state index contributed by atoms with van der Waals surface area (Å²) in [5, 5.41) is 9.76. The maximum Gasteiger partial charge on any atom is 0.129 e. The molecule has 18 heavy (non-hydrogen) atoms. The molecule has 0 saturated carbocycles. The number of likely N-dealkylation sites (N-methyl/N-ethyl adjacent to an activating group) is 1. The third kappa shape index (κ3) is 2.60. The van der Waals surface area contributed by atoms with Crippen molar-refractivity contribution >= 4 is 17.4 Å². The molecule has 5 heteroatoms. The molecule has 1 saturated heterocycles. The van der Waals surface area contributed by atoms with Crippen molar-refractivity contribution < 1.29 is 5.11 Å². The van der Waals surface area contributed by atoms with Crippen LogP contribution < -0.4 is 4.90 Å². The fourth-order valence-electron chi connectivity index (χ4n) is 2.57. The molecule has 0 spiro atoms. The molecule has 1 aromatic heterocycles. The standard InChI is InChI=1S/C13H20ClN3O/c1-9-6-17(7-12(9)16(2)3)13-4-10(8-18)11(14)5-15-13/h4-5,9,12,18H,6-8H2,1-3H3. The summed E-state index contributed by atoms with van der Waals surface area (Å²) in [5.41, 5.74) is 0.739. The minimum atomic E-state index is -0.0468. The van der Waals surface area contributed by atoms with Crippen molar-refractivity contribution in [2.24, 2.45) is 5.92 Å². The maximum absolute atomic E-state index is 9.24. The first kappa shape index (κ1) is 13.6. The first-order chi connectivity index (χ1) is 8.52. The number of halogens is 1. The van der Waals surface area contributed by atoms with E-state index >= 15 is 0 Å². The number of aliphatic hydroxyl groups excluding tert-OH is 1. The van der Waals surface area contributed by atoms with Crippen LogP contribution in [0.5, 0.6) is 0 Å². The van der Waals surface area contributed by atoms with Gasteiger partial charge in [-0.15, -0.1) is 0 Å². The second-order valence-electron chi connectivity index (χ2n) is 5.21. The van der Waals surface area contributed by atoms with Gasteiger partial charge in [-0.1, -0.05) is 18.5 Å². The fraction of sp³-hybridized carbons (Fsp3) is 0.615. The van der Waals surface area contributed by atoms with Crippen LogP contribution in [0.4, 0.5) is 5.82 Å². The van der Waals surface area contributed by atoms with Crippen LogP contribution in [0.15, 0.2) is 12.3 Å². The van der Waals surface area contributed by atoms with E-state index in [9.17, 15) is 5.11 Å². The van der Waals surface area contributed by atoms with E-state index in [4.69, 9.17) is 11.6 Å². The molecule has 0 aliphatic carbocycles. The fourth-order valence-corrected chi connectivity index (χ4v) is 2.73. The van der Waals surface area contributed by atoms with Gasteiger partial charge in [-0.3, -0.25) is 0 Å². The average Bonchev–Trinajstić information content (AvgIpc) is 2.72. The van der Waals surface area contributed by atoms with Crippen LogP contribution in [0.1, 0.15) is 12.5 Å². The molecule has 0 aromatic carbocycles. The highest BCUT2D eigenvalue weighted by atomic mass is 35.5. The first-order valence-electron chi connectivity index (χ1n) is 6.19. The van der Waals surface area contributed by atoms with Crippen molar-refractivity contribution in [1.29, 1.82) is 0 Å². The Labute approximate surface area is 113 Å². The van der Waals surface area contributed by atoms with Gasteiger partial charge < -0.3 is 14.9 Å². The van der Waals surface area contributed by atoms with Crippen LogP contribution in [-0.4, -0.2) is 48.2 Å². The Bertz CT molecular complexity index is 425. The van der Waals surface area contributed by atoms with Crippen molar-refractivity contribution in [2.75, 3.05) is 32.1 Å². The van der Waals surface area contributed by atoms with Gasteiger partial charge in [0.1, 0.15) is 5.82 Å². The Morgan fingerprint density at radius 2 is 2.22 bits per heavy atom. The average molecular weight is 270 g/mol. The summed E-state index contributed by atoms with van der Waals surface area (Å²) in [7, 11) is 4.22. The van der Waals surface area contributed by atoms with Gasteiger partial charge in [-0.05, 0) is 26.1 Å². The molecule has 1 aromatic rings. The monoisotopic (exact) mass is 269 g/mol. The normalized spacial score (nSPS) is 24.0. The Morgan fingerprint density at radius 1 is 1.50 bits per heavy atom. The minimum Gasteiger partial charge on any atom is -0.392 e. The number of hydrogen-bond donors (Lipinski definition) is 1. The van der Waals surface area contributed by atoms with Gasteiger partial charge in [0.05, 0.1) is 11.6 Å². The number of pyridine rings is 1. The number of aliphatic hydroxyl groups is 1. The van der Waals surface area contributed by atoms with Crippen molar-refractivity contribution in [3.05, 3.63) is 22.8 Å². The number of rotatable bonds is 3. The highest BCUT2D eigenvalue weighted by Crippen LogP contribution is 2.27. The number of hydrogen-bond acceptors (Lipinski definition) is 4. The van der Waals surface area contributed by atoms with Gasteiger partial charge in [0, 0.05) is 30.9 Å². The second-order valence-corrected chi connectivity index (χ2v) is 5.61. The van der Waals surface area contributed by atoms with Crippen molar-refractivity contribution in [2.45, 2.75) is 19.6 Å². The van der Waals surface area contributed by atoms with E-state index < -0.39 is 0 Å². The van der Waals surface area contributed by atoms with Gasteiger partial charge in [0.15, 0.2) is 0 Å². The summed E-state index contributed by atoms with van der Waals surface area (Å²) in [6.07, 6.45) is 1.62. The Kier molecular flexibility index (Phi) is 4.10. The molecule has 1 fully saturated rings. The first-order valence-corrected chi connectivity index (χ1v) is 6.57. The van der Waals surface area contributed by atoms with Crippen LogP contribution >= 0.6 is 11.6 Å². The molecule has 0 amide bonds. The van der Waals surface area contributed by atoms with Gasteiger partial charge in [0.2, 0.25) is 0 Å². The third-order valence-corrected chi connectivity index (χ3v) is 3.99. The van der Waals surface area contributed by atoms with Crippen molar-refractivity contribution in [3.8, 4) is 0 Å². The van der Waals surface area contributed by atoms with Crippen LogP contribution in [-0.2, 0) is 6.61 Å². The molecule has 1 aliphatic heterocycles. The highest BCUT2D eigenvalue weighted by molar-refractivity contribution is 6.31. The Hall–Kier alpha value is -0.840. The zero-order valence-corrected chi connectivity index (χ0v) is 11.9. The molecule has 2 heterocycles. The summed E-state index contributed by atoms with van der Waals surface area (Å²) < 4.78 is 0. The summed E-state index contributed by atoms with van der Waals surface area (Å²) >= 11 is 5.96. The zero-order chi connectivity index (χ0) is 13.3. The maximum atomic E-state index is 9.24. The largest absolute Gasteiger partial charge is 0.392 e. The smallest absolute Gasteiger partial charge is 0.129 e. The van der Waals surface area contributed by atoms with E-state index in [1.54, 1.807) is 6.20 Å². The molecule has 2 unspecified atom stereocenters. The van der Waals surface area contributed by atoms with E-state index in [2.05, 4.69) is 35.8 Å². The predicted octanol–water partition coefficient (Wildman–Crippen LogP) is 1.61. The second kappa shape index (κ2) is 5.43. The summed E-state index contributed by atoms with van der Waals surface area (Å²) in [5.74, 6) is 1.51. The molecule has 2 atom stereocenters. The minimum absolute atomic E-state index is 0.0468. The topological polar surface area (TPSA) is 39.6 Å². The third-order valence-electron chi connectivity index (χ3n) is 3.65. The lowest BCUT2D eigenvalue weighted by Crippen LogP contribution is -2.34. The van der Waals surface area contributed by atoms with Crippen molar-refractivity contribution in [3.63, 3.8) is 0 Å². The molecule has 0 radical (unpaired) electrons. The molecule has 100 valence electrons. The lowest BCUT2D eigenvalue weighted by molar-refractivity contribution is 0.266. The van der Waals surface area contributed by atoms with E-state index in [1.165, 1.54) is 0 Å². The molecule has 1 aliphatic rings. The lowest BCUT2D eigenvalue weighted by atomic mass is 10.1. The van der Waals surface area contributed by atoms with E-state index in [-0.39, 0.29) is 6.61 Å². The van der Waals surface area contributed by atoms with Crippen LogP contribution in [0.25, 0.3) is 0 Å². The van der Waals surface area contributed by atoms with Gasteiger partial charge in [-0.2, -0.15) is 0 Å².